The molecule has 0 radical (unpaired) electrons. The van der Waals surface area contributed by atoms with Gasteiger partial charge in [0.05, 0.1) is 12.0 Å². The number of nitro benzene ring substituents is 1. The average Bonchev–Trinajstić information content (AvgIpc) is 2.35. The Labute approximate surface area is 109 Å². The van der Waals surface area contributed by atoms with Crippen molar-refractivity contribution in [3.63, 3.8) is 0 Å². The summed E-state index contributed by atoms with van der Waals surface area (Å²) in [5, 5.41) is 19.4. The second-order valence-corrected chi connectivity index (χ2v) is 3.24. The summed E-state index contributed by atoms with van der Waals surface area (Å²) >= 11 is 0. The van der Waals surface area contributed by atoms with E-state index in [2.05, 4.69) is 9.47 Å². The van der Waals surface area contributed by atoms with Crippen LogP contribution in [-0.2, 0) is 4.74 Å². The Morgan fingerprint density at radius 1 is 1.45 bits per heavy atom. The van der Waals surface area contributed by atoms with Gasteiger partial charge in [-0.3, -0.25) is 10.1 Å². The van der Waals surface area contributed by atoms with Crippen molar-refractivity contribution in [1.82, 2.24) is 0 Å². The van der Waals surface area contributed by atoms with E-state index in [9.17, 15) is 28.1 Å². The van der Waals surface area contributed by atoms with Gasteiger partial charge in [-0.05, 0) is 6.07 Å². The lowest BCUT2D eigenvalue weighted by atomic mass is 10.1. The van der Waals surface area contributed by atoms with Crippen LogP contribution in [-0.4, -0.2) is 24.4 Å². The SMILES string of the molecule is COC(=O)c1ccc([N+](=O)[O-])c(C#N)c1OC(F)(F)F. The maximum Gasteiger partial charge on any atom is 0.573 e. The lowest BCUT2D eigenvalue weighted by molar-refractivity contribution is -0.385. The fourth-order valence-electron chi connectivity index (χ4n) is 1.32. The fraction of sp³-hybridized carbons (Fsp3) is 0.200. The van der Waals surface area contributed by atoms with E-state index in [1.807, 2.05) is 0 Å². The number of methoxy groups -OCH3 is 1. The molecule has 0 aliphatic carbocycles. The van der Waals surface area contributed by atoms with Crippen LogP contribution in [0.15, 0.2) is 12.1 Å². The number of nitriles is 1. The maximum atomic E-state index is 12.3. The molecule has 0 unspecified atom stereocenters. The Kier molecular flexibility index (Phi) is 4.14. The molecule has 7 nitrogen and oxygen atoms in total. The molecule has 0 N–H and O–H groups in total. The van der Waals surface area contributed by atoms with Crippen LogP contribution in [0.25, 0.3) is 0 Å². The van der Waals surface area contributed by atoms with E-state index in [4.69, 9.17) is 5.26 Å². The van der Waals surface area contributed by atoms with Gasteiger partial charge in [-0.25, -0.2) is 4.79 Å². The molecule has 0 aliphatic heterocycles. The monoisotopic (exact) mass is 290 g/mol. The Morgan fingerprint density at radius 2 is 2.05 bits per heavy atom. The Hall–Kier alpha value is -2.83. The Bertz CT molecular complexity index is 606. The van der Waals surface area contributed by atoms with E-state index in [1.54, 1.807) is 0 Å². The molecule has 0 aromatic heterocycles. The first kappa shape index (κ1) is 15.2. The second kappa shape index (κ2) is 5.43. The molecule has 0 heterocycles. The highest BCUT2D eigenvalue weighted by Gasteiger charge is 2.37. The third-order valence-corrected chi connectivity index (χ3v) is 2.07. The van der Waals surface area contributed by atoms with Crippen LogP contribution in [0.3, 0.4) is 0 Å². The highest BCUT2D eigenvalue weighted by atomic mass is 19.4. The third kappa shape index (κ3) is 3.14. The van der Waals surface area contributed by atoms with Crippen LogP contribution in [0.1, 0.15) is 15.9 Å². The number of alkyl halides is 3. The number of esters is 1. The third-order valence-electron chi connectivity index (χ3n) is 2.07. The molecule has 106 valence electrons. The summed E-state index contributed by atoms with van der Waals surface area (Å²) in [7, 11) is 0.896. The lowest BCUT2D eigenvalue weighted by Crippen LogP contribution is -2.20. The number of hydrogen-bond acceptors (Lipinski definition) is 6. The first-order chi connectivity index (χ1) is 9.21. The molecule has 0 bridgehead atoms. The van der Waals surface area contributed by atoms with Crippen LogP contribution >= 0.6 is 0 Å². The molecule has 0 amide bonds. The minimum absolute atomic E-state index is 0.714. The molecule has 1 aromatic carbocycles. The second-order valence-electron chi connectivity index (χ2n) is 3.24. The van der Waals surface area contributed by atoms with Gasteiger partial charge in [-0.15, -0.1) is 13.2 Å². The van der Waals surface area contributed by atoms with E-state index < -0.39 is 39.8 Å². The largest absolute Gasteiger partial charge is 0.573 e. The van der Waals surface area contributed by atoms with Crippen molar-refractivity contribution in [1.29, 1.82) is 5.26 Å². The van der Waals surface area contributed by atoms with Crippen LogP contribution in [0.2, 0.25) is 0 Å². The van der Waals surface area contributed by atoms with Gasteiger partial charge in [-0.1, -0.05) is 0 Å². The standard InChI is InChI=1S/C10H5F3N2O5/c1-19-9(16)5-2-3-7(15(17)18)6(4-14)8(5)20-10(11,12)13/h2-3H,1H3. The minimum atomic E-state index is -5.23. The maximum absolute atomic E-state index is 12.3. The molecule has 0 spiro atoms. The lowest BCUT2D eigenvalue weighted by Gasteiger charge is -2.13. The van der Waals surface area contributed by atoms with Gasteiger partial charge in [0.25, 0.3) is 5.69 Å². The van der Waals surface area contributed by atoms with E-state index in [0.29, 0.717) is 12.1 Å². The Morgan fingerprint density at radius 3 is 2.45 bits per heavy atom. The average molecular weight is 290 g/mol. The molecule has 0 atom stereocenters. The zero-order valence-electron chi connectivity index (χ0n) is 9.72. The summed E-state index contributed by atoms with van der Waals surface area (Å²) in [5.74, 6) is -2.49. The molecule has 0 aliphatic rings. The van der Waals surface area contributed by atoms with Crippen LogP contribution in [0.4, 0.5) is 18.9 Å². The van der Waals surface area contributed by atoms with Crippen LogP contribution < -0.4 is 4.74 Å². The van der Waals surface area contributed by atoms with Gasteiger partial charge >= 0.3 is 12.3 Å². The van der Waals surface area contributed by atoms with Gasteiger partial charge in [0.2, 0.25) is 0 Å². The molecule has 0 fully saturated rings. The number of ether oxygens (including phenoxy) is 2. The summed E-state index contributed by atoms with van der Waals surface area (Å²) in [4.78, 5) is 20.9. The highest BCUT2D eigenvalue weighted by Crippen LogP contribution is 2.35. The summed E-state index contributed by atoms with van der Waals surface area (Å²) in [5.41, 5.74) is -2.68. The first-order valence-corrected chi connectivity index (χ1v) is 4.76. The Balaban J connectivity index is 3.61. The van der Waals surface area contributed by atoms with Gasteiger partial charge in [-0.2, -0.15) is 5.26 Å². The zero-order valence-corrected chi connectivity index (χ0v) is 9.72. The number of hydrogen-bond donors (Lipinski definition) is 0. The molecule has 10 heteroatoms. The summed E-state index contributed by atoms with van der Waals surface area (Å²) < 4.78 is 44.6. The number of carbonyl (C=O) groups excluding carboxylic acids is 1. The number of nitrogens with zero attached hydrogens (tertiary/aromatic N) is 2. The number of halogens is 3. The summed E-state index contributed by atoms with van der Waals surface area (Å²) in [6.45, 7) is 0. The van der Waals surface area contributed by atoms with Crippen molar-refractivity contribution >= 4 is 11.7 Å². The summed E-state index contributed by atoms with van der Waals surface area (Å²) in [6.07, 6.45) is -5.23. The van der Waals surface area contributed by atoms with E-state index in [1.165, 1.54) is 6.07 Å². The minimum Gasteiger partial charge on any atom is -0.465 e. The number of carbonyl (C=O) groups is 1. The topological polar surface area (TPSA) is 102 Å². The molecule has 0 saturated carbocycles. The quantitative estimate of drug-likeness (QED) is 0.480. The van der Waals surface area contributed by atoms with Crippen molar-refractivity contribution in [2.45, 2.75) is 6.36 Å². The molecular formula is C10H5F3N2O5. The summed E-state index contributed by atoms with van der Waals surface area (Å²) in [6, 6.07) is 2.64. The molecule has 20 heavy (non-hydrogen) atoms. The normalized spacial score (nSPS) is 10.6. The molecule has 1 aromatic rings. The van der Waals surface area contributed by atoms with Gasteiger partial charge < -0.3 is 9.47 Å². The molecule has 0 saturated heterocycles. The van der Waals surface area contributed by atoms with Gasteiger partial charge in [0, 0.05) is 6.07 Å². The van der Waals surface area contributed by atoms with Crippen molar-refractivity contribution in [3.8, 4) is 11.8 Å². The van der Waals surface area contributed by atoms with E-state index in [-0.39, 0.29) is 0 Å². The van der Waals surface area contributed by atoms with E-state index in [0.717, 1.165) is 7.11 Å². The zero-order chi connectivity index (χ0) is 15.5. The smallest absolute Gasteiger partial charge is 0.465 e. The predicted octanol–water partition coefficient (Wildman–Crippen LogP) is 2.15. The van der Waals surface area contributed by atoms with Gasteiger partial charge in [0.15, 0.2) is 11.3 Å². The van der Waals surface area contributed by atoms with Crippen LogP contribution in [0.5, 0.6) is 5.75 Å². The highest BCUT2D eigenvalue weighted by molar-refractivity contribution is 5.94. The van der Waals surface area contributed by atoms with Crippen molar-refractivity contribution in [2.75, 3.05) is 7.11 Å². The van der Waals surface area contributed by atoms with Crippen molar-refractivity contribution in [2.24, 2.45) is 0 Å². The molecule has 1 rings (SSSR count). The first-order valence-electron chi connectivity index (χ1n) is 4.76. The number of nitro groups is 1. The van der Waals surface area contributed by atoms with E-state index >= 15 is 0 Å². The number of benzene rings is 1. The van der Waals surface area contributed by atoms with Gasteiger partial charge in [0.1, 0.15) is 11.6 Å². The predicted molar refractivity (Wildman–Crippen MR) is 55.8 cm³/mol. The molecular weight excluding hydrogens is 285 g/mol. The van der Waals surface area contributed by atoms with Crippen molar-refractivity contribution in [3.05, 3.63) is 33.4 Å². The fourth-order valence-corrected chi connectivity index (χ4v) is 1.32. The van der Waals surface area contributed by atoms with Crippen molar-refractivity contribution < 1.29 is 32.4 Å². The number of rotatable bonds is 3. The van der Waals surface area contributed by atoms with Crippen LogP contribution in [0, 0.1) is 21.4 Å².